The van der Waals surface area contributed by atoms with Crippen molar-refractivity contribution in [3.8, 4) is 29.0 Å². The maximum Gasteiger partial charge on any atom is 0.143 e. The van der Waals surface area contributed by atoms with Gasteiger partial charge in [0.1, 0.15) is 34.3 Å². The number of hydrogen-bond acceptors (Lipinski definition) is 7. The topological polar surface area (TPSA) is 127 Å². The summed E-state index contributed by atoms with van der Waals surface area (Å²) in [6.07, 6.45) is 0. The van der Waals surface area contributed by atoms with Crippen LogP contribution in [0, 0.1) is 22.7 Å². The molecule has 1 aromatic carbocycles. The summed E-state index contributed by atoms with van der Waals surface area (Å²) in [5.74, 6) is 0.387. The highest BCUT2D eigenvalue weighted by atomic mass is 32.2. The minimum atomic E-state index is -0.0709. The molecule has 7 heteroatoms. The number of rotatable bonds is 4. The molecule has 1 aromatic heterocycles. The first-order valence-corrected chi connectivity index (χ1v) is 7.27. The number of benzene rings is 1. The number of phenols is 1. The van der Waals surface area contributed by atoms with Crippen molar-refractivity contribution in [2.24, 2.45) is 0 Å². The van der Waals surface area contributed by atoms with Crippen LogP contribution in [0.2, 0.25) is 0 Å². The smallest absolute Gasteiger partial charge is 0.143 e. The van der Waals surface area contributed by atoms with E-state index in [0.29, 0.717) is 21.9 Å². The Kier molecular flexibility index (Phi) is 4.84. The molecule has 0 aliphatic heterocycles. The number of nitrogens with two attached hydrogens (primary N) is 1. The molecule has 0 unspecified atom stereocenters. The molecule has 4 N–H and O–H groups in total. The zero-order chi connectivity index (χ0) is 16.1. The summed E-state index contributed by atoms with van der Waals surface area (Å²) in [5.41, 5.74) is 6.97. The fourth-order valence-corrected chi connectivity index (χ4v) is 2.73. The van der Waals surface area contributed by atoms with Crippen molar-refractivity contribution >= 4 is 17.6 Å². The quantitative estimate of drug-likeness (QED) is 0.735. The van der Waals surface area contributed by atoms with Crippen LogP contribution in [0.5, 0.6) is 5.75 Å². The number of phenolic OH excluding ortho intramolecular Hbond substituents is 1. The number of pyridine rings is 1. The number of nitriles is 2. The van der Waals surface area contributed by atoms with E-state index in [1.165, 1.54) is 23.9 Å². The van der Waals surface area contributed by atoms with Crippen LogP contribution in [0.15, 0.2) is 29.3 Å². The normalized spacial score (nSPS) is 9.95. The summed E-state index contributed by atoms with van der Waals surface area (Å²) >= 11 is 1.18. The Balaban J connectivity index is 2.77. The summed E-state index contributed by atoms with van der Waals surface area (Å²) in [4.78, 5) is 4.08. The Morgan fingerprint density at radius 3 is 2.55 bits per heavy atom. The van der Waals surface area contributed by atoms with E-state index in [-0.39, 0.29) is 29.3 Å². The molecule has 110 valence electrons. The van der Waals surface area contributed by atoms with Crippen LogP contribution in [0.4, 0.5) is 5.82 Å². The third-order valence-corrected chi connectivity index (χ3v) is 3.84. The molecule has 0 fully saturated rings. The van der Waals surface area contributed by atoms with Crippen LogP contribution in [-0.4, -0.2) is 27.6 Å². The van der Waals surface area contributed by atoms with E-state index in [1.54, 1.807) is 12.1 Å². The number of anilines is 1. The zero-order valence-corrected chi connectivity index (χ0v) is 12.3. The van der Waals surface area contributed by atoms with Crippen LogP contribution in [0.25, 0.3) is 11.1 Å². The van der Waals surface area contributed by atoms with Gasteiger partial charge in [0.2, 0.25) is 0 Å². The van der Waals surface area contributed by atoms with Gasteiger partial charge >= 0.3 is 0 Å². The second-order valence-electron chi connectivity index (χ2n) is 4.27. The highest BCUT2D eigenvalue weighted by Gasteiger charge is 2.20. The number of aromatic nitrogens is 1. The van der Waals surface area contributed by atoms with Crippen LogP contribution in [-0.2, 0) is 0 Å². The largest absolute Gasteiger partial charge is 0.508 e. The first-order valence-electron chi connectivity index (χ1n) is 6.29. The Hall–Kier alpha value is -2.74. The molecular weight excluding hydrogens is 300 g/mol. The van der Waals surface area contributed by atoms with Gasteiger partial charge in [-0.2, -0.15) is 10.5 Å². The van der Waals surface area contributed by atoms with E-state index in [4.69, 9.17) is 10.8 Å². The summed E-state index contributed by atoms with van der Waals surface area (Å²) in [7, 11) is 0. The summed E-state index contributed by atoms with van der Waals surface area (Å²) in [6.45, 7) is -0.0709. The Bertz CT molecular complexity index is 793. The van der Waals surface area contributed by atoms with Gasteiger partial charge in [-0.25, -0.2) is 4.98 Å². The van der Waals surface area contributed by atoms with Crippen LogP contribution in [0.3, 0.4) is 0 Å². The standard InChI is InChI=1S/C15H12N4O2S/c16-7-11-13(9-2-1-3-10(21)6-9)12(8-17)15(19-14(11)18)22-5-4-20/h1-3,6,20-21H,4-5H2,(H2,18,19). The Labute approximate surface area is 131 Å². The Morgan fingerprint density at radius 2 is 1.95 bits per heavy atom. The number of aliphatic hydroxyl groups excluding tert-OH is 1. The number of thioether (sulfide) groups is 1. The highest BCUT2D eigenvalue weighted by molar-refractivity contribution is 7.99. The molecule has 0 radical (unpaired) electrons. The van der Waals surface area contributed by atoms with Crippen molar-refractivity contribution in [1.82, 2.24) is 4.98 Å². The van der Waals surface area contributed by atoms with Gasteiger partial charge in [0.05, 0.1) is 12.2 Å². The van der Waals surface area contributed by atoms with Crippen molar-refractivity contribution in [2.45, 2.75) is 5.03 Å². The number of nitrogens with zero attached hydrogens (tertiary/aromatic N) is 3. The van der Waals surface area contributed by atoms with E-state index in [2.05, 4.69) is 4.98 Å². The van der Waals surface area contributed by atoms with Crippen molar-refractivity contribution in [1.29, 1.82) is 10.5 Å². The molecule has 2 aromatic rings. The van der Waals surface area contributed by atoms with Gasteiger partial charge in [-0.15, -0.1) is 11.8 Å². The fourth-order valence-electron chi connectivity index (χ4n) is 1.99. The van der Waals surface area contributed by atoms with Crippen molar-refractivity contribution < 1.29 is 10.2 Å². The minimum absolute atomic E-state index is 0.0142. The van der Waals surface area contributed by atoms with Crippen molar-refractivity contribution in [2.75, 3.05) is 18.1 Å². The molecule has 0 atom stereocenters. The second kappa shape index (κ2) is 6.81. The number of nitrogen functional groups attached to an aromatic ring is 1. The van der Waals surface area contributed by atoms with Gasteiger partial charge in [-0.05, 0) is 17.7 Å². The molecule has 0 bridgehead atoms. The molecule has 0 saturated carbocycles. The number of aliphatic hydroxyl groups is 1. The minimum Gasteiger partial charge on any atom is -0.508 e. The maximum atomic E-state index is 9.63. The lowest BCUT2D eigenvalue weighted by Crippen LogP contribution is -2.04. The SMILES string of the molecule is N#Cc1c(N)nc(SCCO)c(C#N)c1-c1cccc(O)c1. The molecule has 1 heterocycles. The number of aromatic hydroxyl groups is 1. The lowest BCUT2D eigenvalue weighted by atomic mass is 9.97. The van der Waals surface area contributed by atoms with Crippen molar-refractivity contribution in [3.63, 3.8) is 0 Å². The van der Waals surface area contributed by atoms with Gasteiger partial charge in [-0.1, -0.05) is 12.1 Å². The molecule has 0 amide bonds. The monoisotopic (exact) mass is 312 g/mol. The van der Waals surface area contributed by atoms with Gasteiger partial charge in [0, 0.05) is 11.3 Å². The van der Waals surface area contributed by atoms with Crippen LogP contribution in [0.1, 0.15) is 11.1 Å². The Morgan fingerprint density at radius 1 is 1.23 bits per heavy atom. The average molecular weight is 312 g/mol. The molecule has 0 aliphatic carbocycles. The molecule has 0 spiro atoms. The molecular formula is C15H12N4O2S. The first kappa shape index (κ1) is 15.6. The second-order valence-corrected chi connectivity index (χ2v) is 5.36. The fraction of sp³-hybridized carbons (Fsp3) is 0.133. The van der Waals surface area contributed by atoms with Crippen LogP contribution >= 0.6 is 11.8 Å². The van der Waals surface area contributed by atoms with E-state index < -0.39 is 0 Å². The third kappa shape index (κ3) is 2.96. The van der Waals surface area contributed by atoms with E-state index in [9.17, 15) is 15.6 Å². The molecule has 0 aliphatic rings. The third-order valence-electron chi connectivity index (χ3n) is 2.88. The molecule has 6 nitrogen and oxygen atoms in total. The van der Waals surface area contributed by atoms with Crippen LogP contribution < -0.4 is 5.73 Å². The molecule has 2 rings (SSSR count). The van der Waals surface area contributed by atoms with Crippen molar-refractivity contribution in [3.05, 3.63) is 35.4 Å². The lowest BCUT2D eigenvalue weighted by Gasteiger charge is -2.12. The predicted octanol–water partition coefficient (Wildman–Crippen LogP) is 1.86. The average Bonchev–Trinajstić information content (AvgIpc) is 2.52. The van der Waals surface area contributed by atoms with E-state index >= 15 is 0 Å². The highest BCUT2D eigenvalue weighted by Crippen LogP contribution is 2.36. The van der Waals surface area contributed by atoms with Gasteiger partial charge < -0.3 is 15.9 Å². The predicted molar refractivity (Wildman–Crippen MR) is 83.0 cm³/mol. The lowest BCUT2D eigenvalue weighted by molar-refractivity contribution is 0.322. The van der Waals surface area contributed by atoms with Gasteiger partial charge in [-0.3, -0.25) is 0 Å². The first-order chi connectivity index (χ1) is 10.6. The maximum absolute atomic E-state index is 9.63. The number of hydrogen-bond donors (Lipinski definition) is 3. The summed E-state index contributed by atoms with van der Waals surface area (Å²) in [6, 6.07) is 10.2. The van der Waals surface area contributed by atoms with Gasteiger partial charge in [0.15, 0.2) is 0 Å². The van der Waals surface area contributed by atoms with Gasteiger partial charge in [0.25, 0.3) is 0 Å². The van der Waals surface area contributed by atoms with E-state index in [1.807, 2.05) is 12.1 Å². The molecule has 0 saturated heterocycles. The zero-order valence-electron chi connectivity index (χ0n) is 11.4. The summed E-state index contributed by atoms with van der Waals surface area (Å²) in [5, 5.41) is 37.7. The molecule has 22 heavy (non-hydrogen) atoms. The van der Waals surface area contributed by atoms with E-state index in [0.717, 1.165) is 0 Å². The summed E-state index contributed by atoms with van der Waals surface area (Å²) < 4.78 is 0.